The van der Waals surface area contributed by atoms with Gasteiger partial charge in [0, 0.05) is 12.8 Å². The molecule has 0 aromatic carbocycles. The fraction of sp³-hybridized carbons (Fsp3) is 0.727. The Hall–Kier alpha value is -1.23. The zero-order valence-corrected chi connectivity index (χ0v) is 9.05. The summed E-state index contributed by atoms with van der Waals surface area (Å²) in [5, 5.41) is 8.58. The van der Waals surface area contributed by atoms with Gasteiger partial charge < -0.3 is 10.8 Å². The number of aliphatic carboxylic acids is 1. The number of carboxylic acids is 1. The summed E-state index contributed by atoms with van der Waals surface area (Å²) < 4.78 is 0. The summed E-state index contributed by atoms with van der Waals surface area (Å²) in [6, 6.07) is -0.804. The lowest BCUT2D eigenvalue weighted by Gasteiger charge is -2.11. The van der Waals surface area contributed by atoms with Crippen LogP contribution < -0.4 is 5.73 Å². The average Bonchev–Trinajstić information content (AvgIpc) is 3.05. The van der Waals surface area contributed by atoms with Gasteiger partial charge in [0.05, 0.1) is 0 Å². The second-order valence-corrected chi connectivity index (χ2v) is 4.79. The van der Waals surface area contributed by atoms with Crippen LogP contribution in [-0.2, 0) is 14.4 Å². The number of ketones is 2. The van der Waals surface area contributed by atoms with Crippen molar-refractivity contribution in [2.45, 2.75) is 25.8 Å². The van der Waals surface area contributed by atoms with E-state index in [1.165, 1.54) is 6.92 Å². The smallest absolute Gasteiger partial charge is 0.320 e. The standard InChI is InChI=1S/C11H15NO4/c1-4(13)10(14)9-7-5(8(7)9)2-3-6(12)11(15)16/h5-9H,2-3,12H2,1H3,(H,15,16). The molecule has 5 nitrogen and oxygen atoms in total. The molecule has 5 heteroatoms. The molecule has 88 valence electrons. The number of Topliss-reactive ketones (excluding diaryl/α,β-unsaturated/α-hetero) is 2. The molecule has 0 aliphatic heterocycles. The number of hydrogen-bond acceptors (Lipinski definition) is 4. The first-order valence-corrected chi connectivity index (χ1v) is 5.48. The molecule has 2 rings (SSSR count). The van der Waals surface area contributed by atoms with Crippen LogP contribution in [0.3, 0.4) is 0 Å². The Morgan fingerprint density at radius 2 is 1.88 bits per heavy atom. The maximum Gasteiger partial charge on any atom is 0.320 e. The molecule has 16 heavy (non-hydrogen) atoms. The zero-order chi connectivity index (χ0) is 12.0. The van der Waals surface area contributed by atoms with E-state index in [0.29, 0.717) is 24.2 Å². The van der Waals surface area contributed by atoms with Gasteiger partial charge in [0.15, 0.2) is 5.78 Å². The Labute approximate surface area is 93.0 Å². The molecule has 2 aliphatic rings. The minimum Gasteiger partial charge on any atom is -0.480 e. The van der Waals surface area contributed by atoms with Gasteiger partial charge in [-0.15, -0.1) is 0 Å². The summed E-state index contributed by atoms with van der Waals surface area (Å²) in [4.78, 5) is 32.5. The first-order valence-electron chi connectivity index (χ1n) is 5.48. The fourth-order valence-electron chi connectivity index (χ4n) is 2.64. The molecule has 0 saturated heterocycles. The van der Waals surface area contributed by atoms with Crippen molar-refractivity contribution in [1.82, 2.24) is 0 Å². The molecule has 0 radical (unpaired) electrons. The summed E-state index contributed by atoms with van der Waals surface area (Å²) in [6.45, 7) is 1.30. The Balaban J connectivity index is 1.68. The van der Waals surface area contributed by atoms with E-state index in [-0.39, 0.29) is 17.5 Å². The predicted octanol–water partition coefficient (Wildman–Crippen LogP) is -0.171. The summed E-state index contributed by atoms with van der Waals surface area (Å²) in [7, 11) is 0. The lowest BCUT2D eigenvalue weighted by atomic mass is 9.94. The maximum atomic E-state index is 11.3. The van der Waals surface area contributed by atoms with Crippen molar-refractivity contribution in [2.75, 3.05) is 0 Å². The molecular weight excluding hydrogens is 210 g/mol. The van der Waals surface area contributed by atoms with Crippen molar-refractivity contribution in [3.63, 3.8) is 0 Å². The molecule has 0 amide bonds. The van der Waals surface area contributed by atoms with E-state index in [4.69, 9.17) is 10.8 Å². The van der Waals surface area contributed by atoms with E-state index in [0.717, 1.165) is 6.42 Å². The molecule has 0 heterocycles. The molecule has 3 N–H and O–H groups in total. The van der Waals surface area contributed by atoms with Crippen LogP contribution in [0.25, 0.3) is 0 Å². The SMILES string of the molecule is CC(=O)C(=O)C1C2C(CCC(N)C(=O)O)C12. The van der Waals surface area contributed by atoms with Crippen LogP contribution >= 0.6 is 0 Å². The van der Waals surface area contributed by atoms with Crippen LogP contribution in [0.4, 0.5) is 0 Å². The van der Waals surface area contributed by atoms with Gasteiger partial charge in [-0.1, -0.05) is 0 Å². The van der Waals surface area contributed by atoms with E-state index in [2.05, 4.69) is 0 Å². The molecule has 2 saturated carbocycles. The summed E-state index contributed by atoms with van der Waals surface area (Å²) in [5.74, 6) is -0.533. The number of rotatable bonds is 6. The molecule has 0 spiro atoms. The van der Waals surface area contributed by atoms with Gasteiger partial charge >= 0.3 is 5.97 Å². The van der Waals surface area contributed by atoms with Crippen molar-refractivity contribution in [3.8, 4) is 0 Å². The first-order chi connectivity index (χ1) is 7.45. The molecule has 2 aliphatic carbocycles. The van der Waals surface area contributed by atoms with Crippen LogP contribution in [-0.4, -0.2) is 28.7 Å². The number of nitrogens with two attached hydrogens (primary N) is 1. The zero-order valence-electron chi connectivity index (χ0n) is 9.05. The Bertz CT molecular complexity index is 355. The lowest BCUT2D eigenvalue weighted by molar-refractivity contribution is -0.138. The van der Waals surface area contributed by atoms with E-state index < -0.39 is 12.0 Å². The van der Waals surface area contributed by atoms with Crippen molar-refractivity contribution in [2.24, 2.45) is 29.4 Å². The largest absolute Gasteiger partial charge is 0.480 e. The maximum absolute atomic E-state index is 11.3. The van der Waals surface area contributed by atoms with Crippen molar-refractivity contribution in [1.29, 1.82) is 0 Å². The number of carbonyl (C=O) groups is 3. The third kappa shape index (κ3) is 1.75. The highest BCUT2D eigenvalue weighted by molar-refractivity contribution is 6.38. The van der Waals surface area contributed by atoms with E-state index in [1.807, 2.05) is 0 Å². The molecule has 0 aromatic rings. The Kier molecular flexibility index (Phi) is 2.58. The number of carbonyl (C=O) groups excluding carboxylic acids is 2. The topological polar surface area (TPSA) is 97.5 Å². The normalized spacial score (nSPS) is 36.1. The second kappa shape index (κ2) is 3.66. The van der Waals surface area contributed by atoms with Gasteiger partial charge in [-0.2, -0.15) is 0 Å². The molecule has 0 bridgehead atoms. The third-order valence-electron chi connectivity index (χ3n) is 3.76. The van der Waals surface area contributed by atoms with Gasteiger partial charge in [-0.3, -0.25) is 14.4 Å². The molecule has 2 fully saturated rings. The highest BCUT2D eigenvalue weighted by Crippen LogP contribution is 2.74. The Morgan fingerprint density at radius 3 is 2.31 bits per heavy atom. The van der Waals surface area contributed by atoms with Gasteiger partial charge in [0.25, 0.3) is 0 Å². The van der Waals surface area contributed by atoms with Crippen LogP contribution in [0.2, 0.25) is 0 Å². The average molecular weight is 225 g/mol. The molecular formula is C11H15NO4. The molecule has 3 unspecified atom stereocenters. The quantitative estimate of drug-likeness (QED) is 0.611. The van der Waals surface area contributed by atoms with Crippen LogP contribution in [0, 0.1) is 23.7 Å². The van der Waals surface area contributed by atoms with Gasteiger partial charge in [-0.05, 0) is 30.6 Å². The highest BCUT2D eigenvalue weighted by atomic mass is 16.4. The van der Waals surface area contributed by atoms with Crippen LogP contribution in [0.5, 0.6) is 0 Å². The van der Waals surface area contributed by atoms with Crippen LogP contribution in [0.15, 0.2) is 0 Å². The highest BCUT2D eigenvalue weighted by Gasteiger charge is 2.75. The van der Waals surface area contributed by atoms with E-state index in [9.17, 15) is 14.4 Å². The number of fused-ring (bicyclic) bond motifs is 1. The van der Waals surface area contributed by atoms with Crippen molar-refractivity contribution >= 4 is 17.5 Å². The summed E-state index contributed by atoms with van der Waals surface area (Å²) in [5.41, 5.74) is 5.37. The summed E-state index contributed by atoms with van der Waals surface area (Å²) >= 11 is 0. The van der Waals surface area contributed by atoms with E-state index >= 15 is 0 Å². The third-order valence-corrected chi connectivity index (χ3v) is 3.76. The van der Waals surface area contributed by atoms with Gasteiger partial charge in [0.1, 0.15) is 6.04 Å². The Morgan fingerprint density at radius 1 is 1.31 bits per heavy atom. The number of carboxylic acid groups (broad SMARTS) is 1. The number of hydrogen-bond donors (Lipinski definition) is 2. The minimum atomic E-state index is -0.981. The van der Waals surface area contributed by atoms with Crippen molar-refractivity contribution < 1.29 is 19.5 Å². The lowest BCUT2D eigenvalue weighted by Crippen LogP contribution is -2.30. The summed E-state index contributed by atoms with van der Waals surface area (Å²) in [6.07, 6.45) is 1.21. The fourth-order valence-corrected chi connectivity index (χ4v) is 2.64. The first kappa shape index (κ1) is 11.3. The van der Waals surface area contributed by atoms with Crippen molar-refractivity contribution in [3.05, 3.63) is 0 Å². The minimum absolute atomic E-state index is 0.0523. The molecule has 0 aromatic heterocycles. The predicted molar refractivity (Wildman–Crippen MR) is 54.5 cm³/mol. The second-order valence-electron chi connectivity index (χ2n) is 4.79. The van der Waals surface area contributed by atoms with Gasteiger partial charge in [0.2, 0.25) is 5.78 Å². The molecule has 3 atom stereocenters. The van der Waals surface area contributed by atoms with Crippen LogP contribution in [0.1, 0.15) is 19.8 Å². The van der Waals surface area contributed by atoms with Gasteiger partial charge in [-0.25, -0.2) is 0 Å². The van der Waals surface area contributed by atoms with E-state index in [1.54, 1.807) is 0 Å². The monoisotopic (exact) mass is 225 g/mol.